The summed E-state index contributed by atoms with van der Waals surface area (Å²) in [4.78, 5) is 4.27. The number of anilines is 1. The molecule has 0 aliphatic rings. The highest BCUT2D eigenvalue weighted by atomic mass is 19.1. The van der Waals surface area contributed by atoms with Crippen LogP contribution in [0.5, 0.6) is 0 Å². The van der Waals surface area contributed by atoms with Crippen LogP contribution in [-0.2, 0) is 7.05 Å². The Morgan fingerprint density at radius 3 is 2.32 bits per heavy atom. The maximum Gasteiger partial charge on any atom is 0.146 e. The molecular formula is C17H15F2N3. The first-order valence-electron chi connectivity index (χ1n) is 6.89. The number of hydrogen-bond acceptors (Lipinski definition) is 2. The van der Waals surface area contributed by atoms with Gasteiger partial charge in [0.25, 0.3) is 0 Å². The second kappa shape index (κ2) is 5.97. The first-order valence-corrected chi connectivity index (χ1v) is 6.89. The Labute approximate surface area is 127 Å². The zero-order valence-electron chi connectivity index (χ0n) is 12.0. The van der Waals surface area contributed by atoms with Gasteiger partial charge in [-0.25, -0.2) is 13.8 Å². The van der Waals surface area contributed by atoms with Gasteiger partial charge in [-0.2, -0.15) is 0 Å². The van der Waals surface area contributed by atoms with Crippen LogP contribution in [0, 0.1) is 11.6 Å². The third-order valence-electron chi connectivity index (χ3n) is 3.51. The van der Waals surface area contributed by atoms with E-state index in [0.717, 1.165) is 0 Å². The van der Waals surface area contributed by atoms with Crippen molar-refractivity contribution in [3.63, 3.8) is 0 Å². The lowest BCUT2D eigenvalue weighted by molar-refractivity contribution is 0.592. The summed E-state index contributed by atoms with van der Waals surface area (Å²) in [5.74, 6) is -0.147. The van der Waals surface area contributed by atoms with E-state index in [1.165, 1.54) is 12.1 Å². The molecule has 1 aromatic heterocycles. The van der Waals surface area contributed by atoms with Crippen molar-refractivity contribution in [3.8, 4) is 0 Å². The van der Waals surface area contributed by atoms with Crippen molar-refractivity contribution in [1.29, 1.82) is 0 Å². The molecule has 3 nitrogen and oxygen atoms in total. The lowest BCUT2D eigenvalue weighted by Gasteiger charge is -2.21. The van der Waals surface area contributed by atoms with E-state index in [1.54, 1.807) is 53.4 Å². The van der Waals surface area contributed by atoms with Gasteiger partial charge in [-0.05, 0) is 18.2 Å². The molecule has 0 fully saturated rings. The summed E-state index contributed by atoms with van der Waals surface area (Å²) in [6.07, 6.45) is 3.40. The summed E-state index contributed by atoms with van der Waals surface area (Å²) in [6, 6.07) is 12.1. The number of nitrogens with one attached hydrogen (secondary N) is 1. The van der Waals surface area contributed by atoms with Gasteiger partial charge < -0.3 is 9.88 Å². The van der Waals surface area contributed by atoms with Crippen molar-refractivity contribution in [2.45, 2.75) is 6.04 Å². The Kier molecular flexibility index (Phi) is 3.87. The Hall–Kier alpha value is -2.69. The monoisotopic (exact) mass is 299 g/mol. The fourth-order valence-corrected chi connectivity index (χ4v) is 2.38. The van der Waals surface area contributed by atoms with Crippen LogP contribution in [0.1, 0.15) is 17.4 Å². The Balaban J connectivity index is 2.07. The standard InChI is InChI=1S/C17H15F2N3/c1-22-11-10-20-17(22)16(12-6-2-3-7-13(12)18)21-15-9-5-4-8-14(15)19/h2-11,16,21H,1H3. The van der Waals surface area contributed by atoms with Crippen LogP contribution in [0.4, 0.5) is 14.5 Å². The molecule has 1 atom stereocenters. The van der Waals surface area contributed by atoms with Gasteiger partial charge in [-0.1, -0.05) is 30.3 Å². The largest absolute Gasteiger partial charge is 0.369 e. The second-order valence-electron chi connectivity index (χ2n) is 4.98. The van der Waals surface area contributed by atoms with Gasteiger partial charge in [0.1, 0.15) is 23.5 Å². The predicted molar refractivity (Wildman–Crippen MR) is 81.5 cm³/mol. The van der Waals surface area contributed by atoms with Crippen LogP contribution in [0.2, 0.25) is 0 Å². The third kappa shape index (κ3) is 2.70. The number of aryl methyl sites for hydroxylation is 1. The number of para-hydroxylation sites is 1. The fraction of sp³-hybridized carbons (Fsp3) is 0.118. The summed E-state index contributed by atoms with van der Waals surface area (Å²) in [5, 5.41) is 3.05. The predicted octanol–water partition coefficient (Wildman–Crippen LogP) is 3.90. The molecule has 5 heteroatoms. The van der Waals surface area contributed by atoms with Crippen LogP contribution in [0.15, 0.2) is 60.9 Å². The summed E-state index contributed by atoms with van der Waals surface area (Å²) in [6.45, 7) is 0. The number of hydrogen-bond donors (Lipinski definition) is 1. The maximum absolute atomic E-state index is 14.2. The van der Waals surface area contributed by atoms with Crippen LogP contribution < -0.4 is 5.32 Å². The van der Waals surface area contributed by atoms with Gasteiger partial charge in [0.05, 0.1) is 5.69 Å². The number of aromatic nitrogens is 2. The average Bonchev–Trinajstić information content (AvgIpc) is 2.93. The van der Waals surface area contributed by atoms with Gasteiger partial charge in [0, 0.05) is 25.0 Å². The Morgan fingerprint density at radius 1 is 1.00 bits per heavy atom. The van der Waals surface area contributed by atoms with Crippen LogP contribution >= 0.6 is 0 Å². The van der Waals surface area contributed by atoms with E-state index < -0.39 is 11.9 Å². The smallest absolute Gasteiger partial charge is 0.146 e. The van der Waals surface area contributed by atoms with Crippen molar-refractivity contribution < 1.29 is 8.78 Å². The topological polar surface area (TPSA) is 29.9 Å². The molecular weight excluding hydrogens is 284 g/mol. The van der Waals surface area contributed by atoms with Gasteiger partial charge >= 0.3 is 0 Å². The first-order chi connectivity index (χ1) is 10.7. The molecule has 2 aromatic carbocycles. The van der Waals surface area contributed by atoms with E-state index in [1.807, 2.05) is 7.05 Å². The van der Waals surface area contributed by atoms with Gasteiger partial charge in [-0.15, -0.1) is 0 Å². The normalized spacial score (nSPS) is 12.1. The molecule has 0 radical (unpaired) electrons. The summed E-state index contributed by atoms with van der Waals surface area (Å²) < 4.78 is 29.9. The van der Waals surface area contributed by atoms with Gasteiger partial charge in [0.15, 0.2) is 0 Å². The molecule has 0 amide bonds. The van der Waals surface area contributed by atoms with E-state index in [9.17, 15) is 8.78 Å². The number of nitrogens with zero attached hydrogens (tertiary/aromatic N) is 2. The van der Waals surface area contributed by atoms with Crippen molar-refractivity contribution in [2.24, 2.45) is 7.05 Å². The molecule has 1 unspecified atom stereocenters. The molecule has 3 rings (SSSR count). The minimum absolute atomic E-state index is 0.304. The highest BCUT2D eigenvalue weighted by Crippen LogP contribution is 2.28. The molecule has 0 saturated heterocycles. The van der Waals surface area contributed by atoms with Crippen molar-refractivity contribution >= 4 is 5.69 Å². The van der Waals surface area contributed by atoms with E-state index in [2.05, 4.69) is 10.3 Å². The minimum atomic E-state index is -0.585. The highest BCUT2D eigenvalue weighted by Gasteiger charge is 2.22. The SMILES string of the molecule is Cn1ccnc1C(Nc1ccccc1F)c1ccccc1F. The van der Waals surface area contributed by atoms with Crippen LogP contribution in [-0.4, -0.2) is 9.55 Å². The van der Waals surface area contributed by atoms with Crippen molar-refractivity contribution in [3.05, 3.63) is 83.9 Å². The zero-order valence-corrected chi connectivity index (χ0v) is 12.0. The van der Waals surface area contributed by atoms with E-state index in [4.69, 9.17) is 0 Å². The lowest BCUT2D eigenvalue weighted by atomic mass is 10.0. The van der Waals surface area contributed by atoms with Crippen LogP contribution in [0.25, 0.3) is 0 Å². The number of imidazole rings is 1. The zero-order chi connectivity index (χ0) is 15.5. The molecule has 0 spiro atoms. The molecule has 1 heterocycles. The highest BCUT2D eigenvalue weighted by molar-refractivity contribution is 5.48. The average molecular weight is 299 g/mol. The quantitative estimate of drug-likeness (QED) is 0.792. The maximum atomic E-state index is 14.2. The second-order valence-corrected chi connectivity index (χ2v) is 4.98. The Morgan fingerprint density at radius 2 is 1.68 bits per heavy atom. The number of halogens is 2. The van der Waals surface area contributed by atoms with Gasteiger partial charge in [-0.3, -0.25) is 0 Å². The third-order valence-corrected chi connectivity index (χ3v) is 3.51. The van der Waals surface area contributed by atoms with Crippen molar-refractivity contribution in [1.82, 2.24) is 9.55 Å². The molecule has 0 bridgehead atoms. The summed E-state index contributed by atoms with van der Waals surface area (Å²) in [7, 11) is 1.82. The molecule has 3 aromatic rings. The molecule has 22 heavy (non-hydrogen) atoms. The van der Waals surface area contributed by atoms with Crippen LogP contribution in [0.3, 0.4) is 0 Å². The molecule has 112 valence electrons. The fourth-order valence-electron chi connectivity index (χ4n) is 2.38. The van der Waals surface area contributed by atoms with E-state index >= 15 is 0 Å². The minimum Gasteiger partial charge on any atom is -0.369 e. The van der Waals surface area contributed by atoms with E-state index in [0.29, 0.717) is 17.1 Å². The summed E-state index contributed by atoms with van der Waals surface area (Å²) in [5.41, 5.74) is 0.721. The first kappa shape index (κ1) is 14.3. The number of benzene rings is 2. The molecule has 1 N–H and O–H groups in total. The lowest BCUT2D eigenvalue weighted by Crippen LogP contribution is -2.18. The van der Waals surface area contributed by atoms with Gasteiger partial charge in [0.2, 0.25) is 0 Å². The van der Waals surface area contributed by atoms with E-state index in [-0.39, 0.29) is 5.82 Å². The molecule has 0 aliphatic heterocycles. The number of rotatable bonds is 4. The Bertz CT molecular complexity index is 783. The molecule has 0 aliphatic carbocycles. The van der Waals surface area contributed by atoms with Crippen molar-refractivity contribution in [2.75, 3.05) is 5.32 Å². The molecule has 0 saturated carbocycles. The summed E-state index contributed by atoms with van der Waals surface area (Å²) >= 11 is 0.